The molecular weight excluding hydrogens is 174 g/mol. The van der Waals surface area contributed by atoms with E-state index in [-0.39, 0.29) is 5.56 Å². The average molecular weight is 185 g/mol. The molecule has 0 saturated carbocycles. The van der Waals surface area contributed by atoms with Crippen LogP contribution in [0.5, 0.6) is 0 Å². The maximum atomic E-state index is 10.8. The summed E-state index contributed by atoms with van der Waals surface area (Å²) in [5.74, 6) is 0.782. The third-order valence-corrected chi connectivity index (χ3v) is 2.37. The molecule has 2 N–H and O–H groups in total. The Kier molecular flexibility index (Phi) is 3.31. The van der Waals surface area contributed by atoms with Gasteiger partial charge in [0.15, 0.2) is 5.16 Å². The van der Waals surface area contributed by atoms with Gasteiger partial charge < -0.3 is 10.3 Å². The summed E-state index contributed by atoms with van der Waals surface area (Å²) in [5, 5.41) is 0.716. The smallest absolute Gasteiger partial charge is 0.273 e. The van der Waals surface area contributed by atoms with Crippen molar-refractivity contribution in [2.75, 3.05) is 12.3 Å². The minimum Gasteiger partial charge on any atom is -0.330 e. The molecule has 0 fully saturated rings. The van der Waals surface area contributed by atoms with Gasteiger partial charge in [-0.25, -0.2) is 0 Å². The molecule has 4 nitrogen and oxygen atoms in total. The van der Waals surface area contributed by atoms with Gasteiger partial charge in [0, 0.05) is 31.6 Å². The molecule has 0 aliphatic carbocycles. The van der Waals surface area contributed by atoms with Crippen LogP contribution in [0.4, 0.5) is 0 Å². The Bertz CT molecular complexity index is 310. The molecule has 0 unspecified atom stereocenters. The number of aryl methyl sites for hydroxylation is 1. The highest BCUT2D eigenvalue weighted by molar-refractivity contribution is 7.99. The highest BCUT2D eigenvalue weighted by Crippen LogP contribution is 2.10. The summed E-state index contributed by atoms with van der Waals surface area (Å²) in [6, 6.07) is 1.44. The van der Waals surface area contributed by atoms with Gasteiger partial charge in [-0.3, -0.25) is 4.79 Å². The normalized spacial score (nSPS) is 10.2. The molecule has 5 heteroatoms. The fourth-order valence-corrected chi connectivity index (χ4v) is 1.45. The van der Waals surface area contributed by atoms with Crippen LogP contribution < -0.4 is 11.3 Å². The zero-order chi connectivity index (χ0) is 8.97. The van der Waals surface area contributed by atoms with Crippen LogP contribution in [0.3, 0.4) is 0 Å². The Hall–Kier alpha value is -0.810. The topological polar surface area (TPSA) is 60.9 Å². The van der Waals surface area contributed by atoms with Crippen molar-refractivity contribution >= 4 is 11.8 Å². The Balaban J connectivity index is 2.82. The van der Waals surface area contributed by atoms with Crippen LogP contribution in [0.2, 0.25) is 0 Å². The van der Waals surface area contributed by atoms with Gasteiger partial charge in [0.2, 0.25) is 0 Å². The van der Waals surface area contributed by atoms with Crippen molar-refractivity contribution in [1.82, 2.24) is 9.55 Å². The number of hydrogen-bond acceptors (Lipinski definition) is 4. The van der Waals surface area contributed by atoms with Crippen molar-refractivity contribution in [2.45, 2.75) is 5.16 Å². The van der Waals surface area contributed by atoms with Crippen molar-refractivity contribution in [3.8, 4) is 0 Å². The standard InChI is InChI=1S/C7H11N3OS/c1-10-4-2-6(11)9-7(10)12-5-3-8/h2,4H,3,5,8H2,1H3. The second kappa shape index (κ2) is 4.27. The minimum atomic E-state index is -0.201. The molecule has 1 aromatic heterocycles. The molecule has 1 rings (SSSR count). The van der Waals surface area contributed by atoms with Gasteiger partial charge in [0.05, 0.1) is 0 Å². The summed E-state index contributed by atoms with van der Waals surface area (Å²) in [4.78, 5) is 14.7. The van der Waals surface area contributed by atoms with Crippen molar-refractivity contribution in [3.63, 3.8) is 0 Å². The molecule has 1 aromatic rings. The van der Waals surface area contributed by atoms with E-state index in [1.54, 1.807) is 6.20 Å². The molecule has 0 aliphatic heterocycles. The lowest BCUT2D eigenvalue weighted by Crippen LogP contribution is -2.12. The molecule has 0 atom stereocenters. The summed E-state index contributed by atoms with van der Waals surface area (Å²) in [7, 11) is 1.85. The quantitative estimate of drug-likeness (QED) is 0.524. The first-order chi connectivity index (χ1) is 5.74. The van der Waals surface area contributed by atoms with E-state index in [4.69, 9.17) is 5.73 Å². The second-order valence-electron chi connectivity index (χ2n) is 2.30. The van der Waals surface area contributed by atoms with Crippen LogP contribution in [-0.2, 0) is 7.05 Å². The fourth-order valence-electron chi connectivity index (χ4n) is 0.734. The summed E-state index contributed by atoms with van der Waals surface area (Å²) in [5.41, 5.74) is 5.13. The van der Waals surface area contributed by atoms with Gasteiger partial charge in [-0.15, -0.1) is 0 Å². The molecule has 66 valence electrons. The zero-order valence-corrected chi connectivity index (χ0v) is 7.67. The largest absolute Gasteiger partial charge is 0.330 e. The number of nitrogens with zero attached hydrogens (tertiary/aromatic N) is 2. The molecule has 0 saturated heterocycles. The van der Waals surface area contributed by atoms with E-state index >= 15 is 0 Å². The van der Waals surface area contributed by atoms with E-state index in [9.17, 15) is 4.79 Å². The second-order valence-corrected chi connectivity index (χ2v) is 3.36. The van der Waals surface area contributed by atoms with E-state index in [0.29, 0.717) is 11.7 Å². The van der Waals surface area contributed by atoms with Crippen LogP contribution >= 0.6 is 11.8 Å². The molecule has 0 aliphatic rings. The number of aromatic nitrogens is 2. The third kappa shape index (κ3) is 2.35. The zero-order valence-electron chi connectivity index (χ0n) is 6.86. The molecule has 0 spiro atoms. The van der Waals surface area contributed by atoms with Crippen molar-refractivity contribution in [1.29, 1.82) is 0 Å². The number of hydrogen-bond donors (Lipinski definition) is 1. The van der Waals surface area contributed by atoms with Crippen molar-refractivity contribution in [2.24, 2.45) is 12.8 Å². The predicted octanol–water partition coefficient (Wildman–Crippen LogP) is -0.169. The van der Waals surface area contributed by atoms with Gasteiger partial charge in [-0.2, -0.15) is 4.98 Å². The maximum absolute atomic E-state index is 10.8. The third-order valence-electron chi connectivity index (χ3n) is 1.30. The summed E-state index contributed by atoms with van der Waals surface area (Å²) in [6.45, 7) is 0.593. The maximum Gasteiger partial charge on any atom is 0.273 e. The fraction of sp³-hybridized carbons (Fsp3) is 0.429. The summed E-state index contributed by atoms with van der Waals surface area (Å²) in [6.07, 6.45) is 1.70. The van der Waals surface area contributed by atoms with Crippen LogP contribution in [0.15, 0.2) is 22.2 Å². The Labute approximate surface area is 74.8 Å². The van der Waals surface area contributed by atoms with E-state index in [0.717, 1.165) is 5.75 Å². The molecular formula is C7H11N3OS. The monoisotopic (exact) mass is 185 g/mol. The first kappa shape index (κ1) is 9.28. The Morgan fingerprint density at radius 1 is 1.75 bits per heavy atom. The van der Waals surface area contributed by atoms with E-state index in [1.807, 2.05) is 11.6 Å². The lowest BCUT2D eigenvalue weighted by molar-refractivity contribution is 0.727. The van der Waals surface area contributed by atoms with Gasteiger partial charge in [0.25, 0.3) is 5.56 Å². The van der Waals surface area contributed by atoms with Crippen LogP contribution in [0.1, 0.15) is 0 Å². The Morgan fingerprint density at radius 2 is 2.50 bits per heavy atom. The highest BCUT2D eigenvalue weighted by atomic mass is 32.2. The molecule has 1 heterocycles. The summed E-state index contributed by atoms with van der Waals surface area (Å²) < 4.78 is 1.81. The van der Waals surface area contributed by atoms with Crippen molar-refractivity contribution < 1.29 is 0 Å². The first-order valence-corrected chi connectivity index (χ1v) is 4.59. The predicted molar refractivity (Wildman–Crippen MR) is 49.3 cm³/mol. The van der Waals surface area contributed by atoms with Gasteiger partial charge in [-0.1, -0.05) is 11.8 Å². The SMILES string of the molecule is Cn1ccc(=O)nc1SCCN. The van der Waals surface area contributed by atoms with E-state index in [1.165, 1.54) is 17.8 Å². The number of thioether (sulfide) groups is 1. The highest BCUT2D eigenvalue weighted by Gasteiger charge is 1.98. The molecule has 12 heavy (non-hydrogen) atoms. The minimum absolute atomic E-state index is 0.201. The van der Waals surface area contributed by atoms with Crippen LogP contribution in [-0.4, -0.2) is 21.8 Å². The van der Waals surface area contributed by atoms with E-state index < -0.39 is 0 Å². The van der Waals surface area contributed by atoms with E-state index in [2.05, 4.69) is 4.98 Å². The molecule has 0 aromatic carbocycles. The summed E-state index contributed by atoms with van der Waals surface area (Å²) >= 11 is 1.49. The van der Waals surface area contributed by atoms with Crippen LogP contribution in [0.25, 0.3) is 0 Å². The first-order valence-electron chi connectivity index (χ1n) is 3.60. The van der Waals surface area contributed by atoms with Gasteiger partial charge in [-0.05, 0) is 0 Å². The Morgan fingerprint density at radius 3 is 3.17 bits per heavy atom. The average Bonchev–Trinajstić information content (AvgIpc) is 2.07. The van der Waals surface area contributed by atoms with Crippen molar-refractivity contribution in [3.05, 3.63) is 22.6 Å². The van der Waals surface area contributed by atoms with Gasteiger partial charge in [0.1, 0.15) is 0 Å². The van der Waals surface area contributed by atoms with Crippen LogP contribution in [0, 0.1) is 0 Å². The number of rotatable bonds is 3. The van der Waals surface area contributed by atoms with Gasteiger partial charge >= 0.3 is 0 Å². The molecule has 0 amide bonds. The molecule has 0 radical (unpaired) electrons. The number of nitrogens with two attached hydrogens (primary N) is 1. The lowest BCUT2D eigenvalue weighted by Gasteiger charge is -2.03. The lowest BCUT2D eigenvalue weighted by atomic mass is 10.6. The molecule has 0 bridgehead atoms.